The first-order valence-electron chi connectivity index (χ1n) is 5.70. The highest BCUT2D eigenvalue weighted by atomic mass is 15.3. The molecule has 1 aromatic rings. The van der Waals surface area contributed by atoms with Crippen LogP contribution in [0.3, 0.4) is 0 Å². The Morgan fingerprint density at radius 1 is 1.59 bits per heavy atom. The van der Waals surface area contributed by atoms with E-state index in [1.54, 1.807) is 6.08 Å². The third kappa shape index (κ3) is 3.62. The van der Waals surface area contributed by atoms with Crippen LogP contribution < -0.4 is 11.1 Å². The Labute approximate surface area is 102 Å². The van der Waals surface area contributed by atoms with Crippen LogP contribution in [0, 0.1) is 13.8 Å². The highest BCUT2D eigenvalue weighted by Gasteiger charge is 2.08. The summed E-state index contributed by atoms with van der Waals surface area (Å²) in [4.78, 5) is 4.25. The summed E-state index contributed by atoms with van der Waals surface area (Å²) < 4.78 is 1.90. The minimum absolute atomic E-state index is 0.462. The summed E-state index contributed by atoms with van der Waals surface area (Å²) in [7, 11) is 1.95. The lowest BCUT2D eigenvalue weighted by atomic mass is 10.1. The minimum Gasteiger partial charge on any atom is -0.370 e. The van der Waals surface area contributed by atoms with Gasteiger partial charge in [0.25, 0.3) is 0 Å². The lowest BCUT2D eigenvalue weighted by Gasteiger charge is -2.03. The van der Waals surface area contributed by atoms with Crippen molar-refractivity contribution in [2.75, 3.05) is 13.1 Å². The van der Waals surface area contributed by atoms with Gasteiger partial charge in [-0.1, -0.05) is 6.08 Å². The number of aliphatic imine (C=N–C) groups is 1. The third-order valence-corrected chi connectivity index (χ3v) is 2.73. The van der Waals surface area contributed by atoms with Crippen molar-refractivity contribution in [2.45, 2.75) is 20.3 Å². The first-order chi connectivity index (χ1) is 8.06. The molecule has 1 heterocycles. The molecule has 0 aliphatic heterocycles. The van der Waals surface area contributed by atoms with Gasteiger partial charge in [-0.25, -0.2) is 0 Å². The number of nitrogens with one attached hydrogen (secondary N) is 1. The molecule has 1 aromatic heterocycles. The molecule has 0 radical (unpaired) electrons. The van der Waals surface area contributed by atoms with Gasteiger partial charge in [-0.05, 0) is 25.8 Å². The topological polar surface area (TPSA) is 68.2 Å². The zero-order chi connectivity index (χ0) is 12.8. The summed E-state index contributed by atoms with van der Waals surface area (Å²) >= 11 is 0. The molecule has 0 atom stereocenters. The summed E-state index contributed by atoms with van der Waals surface area (Å²) in [5.74, 6) is 0.462. The molecule has 3 N–H and O–H groups in total. The first kappa shape index (κ1) is 13.3. The Bertz CT molecular complexity index is 417. The molecule has 0 fully saturated rings. The highest BCUT2D eigenvalue weighted by Crippen LogP contribution is 2.12. The van der Waals surface area contributed by atoms with Crippen LogP contribution in [0.2, 0.25) is 0 Å². The van der Waals surface area contributed by atoms with Crippen LogP contribution in [0.1, 0.15) is 17.0 Å². The second kappa shape index (κ2) is 6.08. The van der Waals surface area contributed by atoms with E-state index >= 15 is 0 Å². The van der Waals surface area contributed by atoms with E-state index < -0.39 is 0 Å². The Hall–Kier alpha value is -1.78. The predicted octanol–water partition coefficient (Wildman–Crippen LogP) is 0.670. The number of aromatic nitrogens is 2. The molecular formula is C12H21N5. The molecule has 94 valence electrons. The highest BCUT2D eigenvalue weighted by molar-refractivity contribution is 5.77. The minimum atomic E-state index is 0.462. The summed E-state index contributed by atoms with van der Waals surface area (Å²) in [5.41, 5.74) is 9.19. The van der Waals surface area contributed by atoms with E-state index in [1.165, 1.54) is 11.3 Å². The van der Waals surface area contributed by atoms with Crippen molar-refractivity contribution < 1.29 is 0 Å². The Balaban J connectivity index is 2.53. The Kier molecular flexibility index (Phi) is 4.75. The molecular weight excluding hydrogens is 214 g/mol. The van der Waals surface area contributed by atoms with Crippen molar-refractivity contribution in [1.82, 2.24) is 15.1 Å². The van der Waals surface area contributed by atoms with Crippen molar-refractivity contribution in [1.29, 1.82) is 0 Å². The van der Waals surface area contributed by atoms with E-state index in [1.807, 2.05) is 18.7 Å². The van der Waals surface area contributed by atoms with Gasteiger partial charge in [0.15, 0.2) is 5.96 Å². The van der Waals surface area contributed by atoms with Gasteiger partial charge in [-0.3, -0.25) is 9.67 Å². The van der Waals surface area contributed by atoms with E-state index in [4.69, 9.17) is 5.73 Å². The normalized spacial score (nSPS) is 11.6. The molecule has 0 saturated heterocycles. The van der Waals surface area contributed by atoms with Gasteiger partial charge >= 0.3 is 0 Å². The van der Waals surface area contributed by atoms with Crippen molar-refractivity contribution in [3.8, 4) is 0 Å². The summed E-state index contributed by atoms with van der Waals surface area (Å²) in [6, 6.07) is 0. The standard InChI is InChI=1S/C12H21N5/c1-5-7-14-12(13)15-8-6-11-9(2)16-17(4)10(11)3/h5H,1,6-8H2,2-4H3,(H3,13,14,15). The van der Waals surface area contributed by atoms with E-state index in [2.05, 4.69) is 28.9 Å². The average Bonchev–Trinajstić information content (AvgIpc) is 2.53. The van der Waals surface area contributed by atoms with Crippen LogP contribution in [-0.4, -0.2) is 28.8 Å². The van der Waals surface area contributed by atoms with Crippen LogP contribution >= 0.6 is 0 Å². The monoisotopic (exact) mass is 235 g/mol. The van der Waals surface area contributed by atoms with Gasteiger partial charge in [-0.15, -0.1) is 6.58 Å². The molecule has 0 spiro atoms. The lowest BCUT2D eigenvalue weighted by Crippen LogP contribution is -2.31. The number of rotatable bonds is 5. The number of hydrogen-bond acceptors (Lipinski definition) is 2. The molecule has 0 aliphatic carbocycles. The molecule has 0 saturated carbocycles. The maximum atomic E-state index is 5.68. The molecule has 0 aliphatic rings. The maximum absolute atomic E-state index is 5.68. The quantitative estimate of drug-likeness (QED) is 0.448. The Morgan fingerprint density at radius 3 is 2.82 bits per heavy atom. The number of nitrogens with zero attached hydrogens (tertiary/aromatic N) is 3. The SMILES string of the molecule is C=CCNC(N)=NCCc1c(C)nn(C)c1C. The van der Waals surface area contributed by atoms with Gasteiger partial charge in [-0.2, -0.15) is 5.10 Å². The zero-order valence-corrected chi connectivity index (χ0v) is 10.8. The van der Waals surface area contributed by atoms with Crippen molar-refractivity contribution >= 4 is 5.96 Å². The van der Waals surface area contributed by atoms with Crippen LogP contribution in [0.5, 0.6) is 0 Å². The van der Waals surface area contributed by atoms with Crippen LogP contribution in [0.15, 0.2) is 17.6 Å². The number of nitrogens with two attached hydrogens (primary N) is 1. The predicted molar refractivity (Wildman–Crippen MR) is 71.1 cm³/mol. The van der Waals surface area contributed by atoms with E-state index in [0.717, 1.165) is 12.1 Å². The second-order valence-electron chi connectivity index (χ2n) is 3.96. The van der Waals surface area contributed by atoms with E-state index in [0.29, 0.717) is 19.0 Å². The number of guanidine groups is 1. The largest absolute Gasteiger partial charge is 0.370 e. The molecule has 5 nitrogen and oxygen atoms in total. The van der Waals surface area contributed by atoms with E-state index in [-0.39, 0.29) is 0 Å². The lowest BCUT2D eigenvalue weighted by molar-refractivity contribution is 0.730. The molecule has 17 heavy (non-hydrogen) atoms. The number of hydrogen-bond donors (Lipinski definition) is 2. The molecule has 5 heteroatoms. The first-order valence-corrected chi connectivity index (χ1v) is 5.70. The summed E-state index contributed by atoms with van der Waals surface area (Å²) in [6.45, 7) is 9.00. The second-order valence-corrected chi connectivity index (χ2v) is 3.96. The molecule has 0 aromatic carbocycles. The van der Waals surface area contributed by atoms with Gasteiger partial charge in [0.05, 0.1) is 5.69 Å². The molecule has 1 rings (SSSR count). The zero-order valence-electron chi connectivity index (χ0n) is 10.8. The maximum Gasteiger partial charge on any atom is 0.188 e. The fourth-order valence-corrected chi connectivity index (χ4v) is 1.70. The van der Waals surface area contributed by atoms with E-state index in [9.17, 15) is 0 Å². The molecule has 0 amide bonds. The van der Waals surface area contributed by atoms with Gasteiger partial charge < -0.3 is 11.1 Å². The molecule has 0 bridgehead atoms. The van der Waals surface area contributed by atoms with Crippen LogP contribution in [0.4, 0.5) is 0 Å². The van der Waals surface area contributed by atoms with Crippen molar-refractivity contribution in [3.05, 3.63) is 29.6 Å². The van der Waals surface area contributed by atoms with Crippen molar-refractivity contribution in [3.63, 3.8) is 0 Å². The third-order valence-electron chi connectivity index (χ3n) is 2.73. The van der Waals surface area contributed by atoms with Gasteiger partial charge in [0.1, 0.15) is 0 Å². The Morgan fingerprint density at radius 2 is 2.29 bits per heavy atom. The van der Waals surface area contributed by atoms with Crippen molar-refractivity contribution in [2.24, 2.45) is 17.8 Å². The number of aryl methyl sites for hydroxylation is 2. The average molecular weight is 235 g/mol. The van der Waals surface area contributed by atoms with Gasteiger partial charge in [0, 0.05) is 25.8 Å². The summed E-state index contributed by atoms with van der Waals surface area (Å²) in [6.07, 6.45) is 2.61. The smallest absolute Gasteiger partial charge is 0.188 e. The van der Waals surface area contributed by atoms with Gasteiger partial charge in [0.2, 0.25) is 0 Å². The van der Waals surface area contributed by atoms with Crippen LogP contribution in [0.25, 0.3) is 0 Å². The fraction of sp³-hybridized carbons (Fsp3) is 0.500. The molecule has 0 unspecified atom stereocenters. The fourth-order valence-electron chi connectivity index (χ4n) is 1.70. The summed E-state index contributed by atoms with van der Waals surface area (Å²) in [5, 5.41) is 7.31. The van der Waals surface area contributed by atoms with Crippen LogP contribution in [-0.2, 0) is 13.5 Å².